The van der Waals surface area contributed by atoms with Gasteiger partial charge < -0.3 is 0 Å². The van der Waals surface area contributed by atoms with Gasteiger partial charge in [0.15, 0.2) is 0 Å². The Morgan fingerprint density at radius 2 is 1.68 bits per heavy atom. The van der Waals surface area contributed by atoms with Gasteiger partial charge in [-0.05, 0) is 40.1 Å². The number of nitrogens with one attached hydrogen (secondary N) is 1. The third-order valence-electron chi connectivity index (χ3n) is 3.18. The van der Waals surface area contributed by atoms with Crippen molar-refractivity contribution in [2.75, 3.05) is 0 Å². The lowest BCUT2D eigenvalue weighted by molar-refractivity contribution is 0.0955. The first-order chi connectivity index (χ1) is 10.8. The van der Waals surface area contributed by atoms with Crippen molar-refractivity contribution in [2.45, 2.75) is 0 Å². The average Bonchev–Trinajstić information content (AvgIpc) is 3.09. The zero-order valence-corrected chi connectivity index (χ0v) is 12.6. The molecule has 0 unspecified atom stereocenters. The summed E-state index contributed by atoms with van der Waals surface area (Å²) >= 11 is 1.59. The van der Waals surface area contributed by atoms with E-state index in [1.165, 1.54) is 0 Å². The Labute approximate surface area is 132 Å². The molecule has 1 aromatic heterocycles. The molecule has 2 aromatic carbocycles. The van der Waals surface area contributed by atoms with Gasteiger partial charge in [0, 0.05) is 11.1 Å². The summed E-state index contributed by atoms with van der Waals surface area (Å²) in [7, 11) is 0. The molecule has 0 spiro atoms. The molecule has 108 valence electrons. The van der Waals surface area contributed by atoms with E-state index < -0.39 is 0 Å². The largest absolute Gasteiger partial charge is 0.271 e. The summed E-state index contributed by atoms with van der Waals surface area (Å²) in [6, 6.07) is 19.5. The first-order valence-corrected chi connectivity index (χ1v) is 7.78. The van der Waals surface area contributed by atoms with E-state index in [4.69, 9.17) is 0 Å². The van der Waals surface area contributed by atoms with E-state index in [1.807, 2.05) is 59.3 Å². The lowest BCUT2D eigenvalue weighted by Gasteiger charge is -2.03. The summed E-state index contributed by atoms with van der Waals surface area (Å²) in [5, 5.41) is 7.88. The molecule has 3 rings (SSSR count). The zero-order valence-electron chi connectivity index (χ0n) is 11.8. The van der Waals surface area contributed by atoms with Gasteiger partial charge in [-0.3, -0.25) is 4.79 Å². The molecule has 0 fully saturated rings. The highest BCUT2D eigenvalue weighted by atomic mass is 32.1. The van der Waals surface area contributed by atoms with Crippen molar-refractivity contribution in [3.05, 3.63) is 82.6 Å². The van der Waals surface area contributed by atoms with Gasteiger partial charge in [0.25, 0.3) is 5.91 Å². The van der Waals surface area contributed by atoms with Crippen LogP contribution < -0.4 is 5.43 Å². The number of hydrogen-bond donors (Lipinski definition) is 1. The third-order valence-corrected chi connectivity index (χ3v) is 3.88. The molecule has 1 N–H and O–H groups in total. The fourth-order valence-corrected chi connectivity index (χ4v) is 2.63. The highest BCUT2D eigenvalue weighted by Crippen LogP contribution is 2.19. The predicted octanol–water partition coefficient (Wildman–Crippen LogP) is 4.18. The number of thiophene rings is 1. The first-order valence-electron chi connectivity index (χ1n) is 6.84. The highest BCUT2D eigenvalue weighted by molar-refractivity contribution is 7.08. The predicted molar refractivity (Wildman–Crippen MR) is 91.3 cm³/mol. The molecule has 3 aromatic rings. The molecule has 4 heteroatoms. The number of carbonyl (C=O) groups excluding carboxylic acids is 1. The Morgan fingerprint density at radius 1 is 0.955 bits per heavy atom. The standard InChI is InChI=1S/C18H14N2OS/c21-18(20-19-12-14-10-11-22-13-14)17-8-6-16(7-9-17)15-4-2-1-3-5-15/h1-13H,(H,20,21). The fraction of sp³-hybridized carbons (Fsp3) is 0. The Morgan fingerprint density at radius 3 is 2.36 bits per heavy atom. The first kappa shape index (κ1) is 14.2. The number of benzene rings is 2. The smallest absolute Gasteiger partial charge is 0.267 e. The van der Waals surface area contributed by atoms with Gasteiger partial charge in [-0.1, -0.05) is 42.5 Å². The van der Waals surface area contributed by atoms with Crippen LogP contribution in [-0.2, 0) is 0 Å². The Kier molecular flexibility index (Phi) is 4.41. The number of rotatable bonds is 4. The molecular weight excluding hydrogens is 292 g/mol. The molecule has 0 aliphatic rings. The average molecular weight is 306 g/mol. The van der Waals surface area contributed by atoms with Crippen LogP contribution in [0.15, 0.2) is 76.5 Å². The third kappa shape index (κ3) is 3.48. The Balaban J connectivity index is 1.66. The minimum absolute atomic E-state index is 0.217. The van der Waals surface area contributed by atoms with Gasteiger partial charge in [-0.2, -0.15) is 16.4 Å². The Hall–Kier alpha value is -2.72. The molecule has 0 aliphatic heterocycles. The molecule has 1 heterocycles. The summed E-state index contributed by atoms with van der Waals surface area (Å²) in [6.07, 6.45) is 1.63. The lowest BCUT2D eigenvalue weighted by atomic mass is 10.0. The molecule has 0 saturated heterocycles. The van der Waals surface area contributed by atoms with Crippen molar-refractivity contribution >= 4 is 23.5 Å². The second-order valence-corrected chi connectivity index (χ2v) is 5.48. The van der Waals surface area contributed by atoms with Crippen LogP contribution in [0.5, 0.6) is 0 Å². The van der Waals surface area contributed by atoms with Gasteiger partial charge in [0.2, 0.25) is 0 Å². The summed E-state index contributed by atoms with van der Waals surface area (Å²) in [5.41, 5.74) is 6.31. The topological polar surface area (TPSA) is 41.5 Å². The van der Waals surface area contributed by atoms with E-state index in [1.54, 1.807) is 29.7 Å². The van der Waals surface area contributed by atoms with Gasteiger partial charge in [0.05, 0.1) is 6.21 Å². The zero-order chi connectivity index (χ0) is 15.2. The maximum Gasteiger partial charge on any atom is 0.271 e. The number of carbonyl (C=O) groups is 1. The van der Waals surface area contributed by atoms with Crippen LogP contribution in [0, 0.1) is 0 Å². The van der Waals surface area contributed by atoms with E-state index >= 15 is 0 Å². The van der Waals surface area contributed by atoms with Crippen molar-refractivity contribution in [1.82, 2.24) is 5.43 Å². The van der Waals surface area contributed by atoms with E-state index in [0.717, 1.165) is 16.7 Å². The van der Waals surface area contributed by atoms with E-state index in [-0.39, 0.29) is 5.91 Å². The van der Waals surface area contributed by atoms with Crippen molar-refractivity contribution in [3.8, 4) is 11.1 Å². The van der Waals surface area contributed by atoms with Crippen LogP contribution in [0.3, 0.4) is 0 Å². The molecule has 22 heavy (non-hydrogen) atoms. The Bertz CT molecular complexity index is 763. The van der Waals surface area contributed by atoms with Crippen LogP contribution in [0.25, 0.3) is 11.1 Å². The summed E-state index contributed by atoms with van der Waals surface area (Å²) in [6.45, 7) is 0. The number of amides is 1. The van der Waals surface area contributed by atoms with Crippen molar-refractivity contribution in [1.29, 1.82) is 0 Å². The summed E-state index contributed by atoms with van der Waals surface area (Å²) in [5.74, 6) is -0.217. The van der Waals surface area contributed by atoms with Gasteiger partial charge >= 0.3 is 0 Å². The normalized spacial score (nSPS) is 10.7. The maximum absolute atomic E-state index is 12.0. The van der Waals surface area contributed by atoms with Crippen molar-refractivity contribution in [2.24, 2.45) is 5.10 Å². The molecule has 3 nitrogen and oxygen atoms in total. The van der Waals surface area contributed by atoms with Crippen LogP contribution in [0.4, 0.5) is 0 Å². The van der Waals surface area contributed by atoms with Gasteiger partial charge in [-0.25, -0.2) is 5.43 Å². The SMILES string of the molecule is O=C(NN=Cc1ccsc1)c1ccc(-c2ccccc2)cc1. The minimum atomic E-state index is -0.217. The molecule has 0 aliphatic carbocycles. The fourth-order valence-electron chi connectivity index (χ4n) is 2.02. The molecule has 0 bridgehead atoms. The maximum atomic E-state index is 12.0. The van der Waals surface area contributed by atoms with Crippen molar-refractivity contribution in [3.63, 3.8) is 0 Å². The quantitative estimate of drug-likeness (QED) is 0.570. The number of hydrogen-bond acceptors (Lipinski definition) is 3. The highest BCUT2D eigenvalue weighted by Gasteiger charge is 2.04. The van der Waals surface area contributed by atoms with E-state index in [2.05, 4.69) is 10.5 Å². The van der Waals surface area contributed by atoms with Crippen LogP contribution in [-0.4, -0.2) is 12.1 Å². The van der Waals surface area contributed by atoms with Crippen LogP contribution in [0.1, 0.15) is 15.9 Å². The molecule has 0 radical (unpaired) electrons. The molecule has 1 amide bonds. The second-order valence-electron chi connectivity index (χ2n) is 4.70. The van der Waals surface area contributed by atoms with Crippen LogP contribution >= 0.6 is 11.3 Å². The number of nitrogens with zero attached hydrogens (tertiary/aromatic N) is 1. The summed E-state index contributed by atoms with van der Waals surface area (Å²) < 4.78 is 0. The summed E-state index contributed by atoms with van der Waals surface area (Å²) in [4.78, 5) is 12.0. The van der Waals surface area contributed by atoms with Crippen LogP contribution in [0.2, 0.25) is 0 Å². The monoisotopic (exact) mass is 306 g/mol. The van der Waals surface area contributed by atoms with E-state index in [0.29, 0.717) is 5.56 Å². The molecule has 0 atom stereocenters. The van der Waals surface area contributed by atoms with Gasteiger partial charge in [0.1, 0.15) is 0 Å². The second kappa shape index (κ2) is 6.83. The minimum Gasteiger partial charge on any atom is -0.267 e. The van der Waals surface area contributed by atoms with E-state index in [9.17, 15) is 4.79 Å². The molecule has 0 saturated carbocycles. The van der Waals surface area contributed by atoms with Crippen molar-refractivity contribution < 1.29 is 4.79 Å². The lowest BCUT2D eigenvalue weighted by Crippen LogP contribution is -2.17. The number of hydrazone groups is 1. The van der Waals surface area contributed by atoms with Gasteiger partial charge in [-0.15, -0.1) is 0 Å². The molecular formula is C18H14N2OS.